The van der Waals surface area contributed by atoms with Crippen molar-refractivity contribution < 1.29 is 14.2 Å². The summed E-state index contributed by atoms with van der Waals surface area (Å²) in [5, 5.41) is 6.69. The molecule has 1 saturated heterocycles. The molecule has 1 atom stereocenters. The first-order valence-corrected chi connectivity index (χ1v) is 10.0. The Balaban J connectivity index is 0.00000320. The van der Waals surface area contributed by atoms with Gasteiger partial charge in [0.25, 0.3) is 0 Å². The van der Waals surface area contributed by atoms with Gasteiger partial charge >= 0.3 is 0 Å². The smallest absolute Gasteiger partial charge is 0.213 e. The highest BCUT2D eigenvalue weighted by Crippen LogP contribution is 2.23. The Bertz CT molecular complexity index is 826. The van der Waals surface area contributed by atoms with E-state index < -0.39 is 0 Å². The number of rotatable bonds is 8. The SMILES string of the molecule is CCNC(=NCc1ccnc(OC)c1)NCc1ccc(C)cc1OC1CCOC1.I. The largest absolute Gasteiger partial charge is 0.488 e. The number of pyridine rings is 1. The maximum absolute atomic E-state index is 6.19. The lowest BCUT2D eigenvalue weighted by molar-refractivity contribution is 0.140. The second-order valence-electron chi connectivity index (χ2n) is 6.97. The first kappa shape index (κ1) is 24.2. The molecule has 1 fully saturated rings. The first-order valence-electron chi connectivity index (χ1n) is 10.0. The van der Waals surface area contributed by atoms with Crippen molar-refractivity contribution in [2.75, 3.05) is 26.9 Å². The number of aliphatic imine (C=N–C) groups is 1. The van der Waals surface area contributed by atoms with E-state index in [4.69, 9.17) is 14.2 Å². The van der Waals surface area contributed by atoms with Crippen molar-refractivity contribution in [3.8, 4) is 11.6 Å². The number of guanidine groups is 1. The van der Waals surface area contributed by atoms with Crippen LogP contribution in [0.4, 0.5) is 0 Å². The molecule has 2 aromatic rings. The van der Waals surface area contributed by atoms with E-state index in [-0.39, 0.29) is 30.1 Å². The quantitative estimate of drug-likeness (QED) is 0.312. The number of hydrogen-bond acceptors (Lipinski definition) is 5. The van der Waals surface area contributed by atoms with Gasteiger partial charge in [0.05, 0.1) is 26.9 Å². The zero-order valence-corrected chi connectivity index (χ0v) is 20.1. The van der Waals surface area contributed by atoms with Crippen LogP contribution in [0.2, 0.25) is 0 Å². The van der Waals surface area contributed by atoms with Crippen LogP contribution in [0.15, 0.2) is 41.5 Å². The Morgan fingerprint density at radius 3 is 2.87 bits per heavy atom. The third-order valence-corrected chi connectivity index (χ3v) is 4.62. The van der Waals surface area contributed by atoms with Gasteiger partial charge in [-0.25, -0.2) is 9.98 Å². The van der Waals surface area contributed by atoms with Gasteiger partial charge in [-0.05, 0) is 37.1 Å². The number of methoxy groups -OCH3 is 1. The van der Waals surface area contributed by atoms with Gasteiger partial charge in [0.1, 0.15) is 11.9 Å². The molecule has 0 saturated carbocycles. The summed E-state index contributed by atoms with van der Waals surface area (Å²) in [7, 11) is 1.61. The van der Waals surface area contributed by atoms with E-state index >= 15 is 0 Å². The molecule has 0 aliphatic carbocycles. The van der Waals surface area contributed by atoms with E-state index in [0.29, 0.717) is 25.6 Å². The highest BCUT2D eigenvalue weighted by molar-refractivity contribution is 14.0. The fourth-order valence-electron chi connectivity index (χ4n) is 3.05. The zero-order valence-electron chi connectivity index (χ0n) is 17.8. The Kier molecular flexibility index (Phi) is 10.2. The number of aryl methyl sites for hydroxylation is 1. The van der Waals surface area contributed by atoms with Crippen molar-refractivity contribution in [2.24, 2.45) is 4.99 Å². The van der Waals surface area contributed by atoms with Gasteiger partial charge in [0.2, 0.25) is 5.88 Å². The van der Waals surface area contributed by atoms with Crippen LogP contribution in [0.3, 0.4) is 0 Å². The van der Waals surface area contributed by atoms with Crippen LogP contribution in [-0.4, -0.2) is 43.9 Å². The molecule has 164 valence electrons. The number of nitrogens with zero attached hydrogens (tertiary/aromatic N) is 2. The lowest BCUT2D eigenvalue weighted by Crippen LogP contribution is -2.37. The molecule has 7 nitrogen and oxygen atoms in total. The average Bonchev–Trinajstić information content (AvgIpc) is 3.24. The van der Waals surface area contributed by atoms with E-state index in [0.717, 1.165) is 42.4 Å². The molecule has 30 heavy (non-hydrogen) atoms. The predicted octanol–water partition coefficient (Wildman–Crippen LogP) is 3.44. The van der Waals surface area contributed by atoms with Gasteiger partial charge in [-0.15, -0.1) is 24.0 Å². The van der Waals surface area contributed by atoms with Crippen LogP contribution in [0.25, 0.3) is 0 Å². The molecule has 8 heteroatoms. The topological polar surface area (TPSA) is 77.0 Å². The van der Waals surface area contributed by atoms with E-state index in [9.17, 15) is 0 Å². The van der Waals surface area contributed by atoms with Crippen molar-refractivity contribution in [1.82, 2.24) is 15.6 Å². The monoisotopic (exact) mass is 526 g/mol. The molecular formula is C22H31IN4O3. The molecule has 1 aliphatic rings. The molecule has 1 aromatic heterocycles. The standard InChI is InChI=1S/C22H30N4O3.HI/c1-4-23-22(25-13-17-7-9-24-21(12-17)27-3)26-14-18-6-5-16(2)11-20(18)29-19-8-10-28-15-19;/h5-7,9,11-12,19H,4,8,10,13-15H2,1-3H3,(H2,23,25,26);1H. The van der Waals surface area contributed by atoms with E-state index in [1.807, 2.05) is 19.1 Å². The van der Waals surface area contributed by atoms with Crippen LogP contribution in [0.1, 0.15) is 30.0 Å². The molecule has 0 radical (unpaired) electrons. The maximum Gasteiger partial charge on any atom is 0.213 e. The highest BCUT2D eigenvalue weighted by atomic mass is 127. The third kappa shape index (κ3) is 7.32. The number of aromatic nitrogens is 1. The molecule has 0 spiro atoms. The molecule has 2 N–H and O–H groups in total. The summed E-state index contributed by atoms with van der Waals surface area (Å²) in [5.74, 6) is 2.25. The molecular weight excluding hydrogens is 495 g/mol. The van der Waals surface area contributed by atoms with E-state index in [2.05, 4.69) is 45.7 Å². The fraction of sp³-hybridized carbons (Fsp3) is 0.455. The van der Waals surface area contributed by atoms with E-state index in [1.54, 1.807) is 13.3 Å². The highest BCUT2D eigenvalue weighted by Gasteiger charge is 2.18. The maximum atomic E-state index is 6.19. The lowest BCUT2D eigenvalue weighted by atomic mass is 10.1. The molecule has 1 unspecified atom stereocenters. The van der Waals surface area contributed by atoms with Crippen LogP contribution in [0, 0.1) is 6.92 Å². The van der Waals surface area contributed by atoms with Crippen molar-refractivity contribution >= 4 is 29.9 Å². The summed E-state index contributed by atoms with van der Waals surface area (Å²) in [6, 6.07) is 10.1. The molecule has 2 heterocycles. The van der Waals surface area contributed by atoms with Crippen molar-refractivity contribution in [1.29, 1.82) is 0 Å². The van der Waals surface area contributed by atoms with Gasteiger partial charge in [0.15, 0.2) is 5.96 Å². The van der Waals surface area contributed by atoms with Crippen LogP contribution in [0.5, 0.6) is 11.6 Å². The van der Waals surface area contributed by atoms with Gasteiger partial charge in [0, 0.05) is 37.3 Å². The first-order chi connectivity index (χ1) is 14.2. The van der Waals surface area contributed by atoms with Gasteiger partial charge in [-0.1, -0.05) is 12.1 Å². The Labute approximate surface area is 195 Å². The van der Waals surface area contributed by atoms with Crippen molar-refractivity contribution in [3.63, 3.8) is 0 Å². The van der Waals surface area contributed by atoms with Gasteiger partial charge in [-0.2, -0.15) is 0 Å². The van der Waals surface area contributed by atoms with Crippen LogP contribution < -0.4 is 20.1 Å². The molecule has 1 aliphatic heterocycles. The summed E-state index contributed by atoms with van der Waals surface area (Å²) in [5.41, 5.74) is 3.31. The Morgan fingerprint density at radius 2 is 2.13 bits per heavy atom. The summed E-state index contributed by atoms with van der Waals surface area (Å²) in [6.07, 6.45) is 2.78. The number of ether oxygens (including phenoxy) is 3. The minimum atomic E-state index is 0. The Morgan fingerprint density at radius 1 is 1.27 bits per heavy atom. The fourth-order valence-corrected chi connectivity index (χ4v) is 3.05. The summed E-state index contributed by atoms with van der Waals surface area (Å²) >= 11 is 0. The normalized spacial score (nSPS) is 16.0. The van der Waals surface area contributed by atoms with E-state index in [1.165, 1.54) is 5.56 Å². The summed E-state index contributed by atoms with van der Waals surface area (Å²) in [4.78, 5) is 8.81. The molecule has 0 bridgehead atoms. The molecule has 0 amide bonds. The molecule has 3 rings (SSSR count). The second-order valence-corrected chi connectivity index (χ2v) is 6.97. The number of benzene rings is 1. The van der Waals surface area contributed by atoms with Gasteiger partial charge in [-0.3, -0.25) is 0 Å². The van der Waals surface area contributed by atoms with Crippen molar-refractivity contribution in [3.05, 3.63) is 53.2 Å². The Hall–Kier alpha value is -2.07. The lowest BCUT2D eigenvalue weighted by Gasteiger charge is -2.18. The second kappa shape index (κ2) is 12.6. The third-order valence-electron chi connectivity index (χ3n) is 4.62. The molecule has 1 aromatic carbocycles. The predicted molar refractivity (Wildman–Crippen MR) is 129 cm³/mol. The minimum absolute atomic E-state index is 0. The average molecular weight is 526 g/mol. The zero-order chi connectivity index (χ0) is 20.5. The number of halogens is 1. The minimum Gasteiger partial charge on any atom is -0.488 e. The van der Waals surface area contributed by atoms with Crippen LogP contribution >= 0.6 is 24.0 Å². The van der Waals surface area contributed by atoms with Gasteiger partial charge < -0.3 is 24.8 Å². The van der Waals surface area contributed by atoms with Crippen molar-refractivity contribution in [2.45, 2.75) is 39.5 Å². The number of hydrogen-bond donors (Lipinski definition) is 2. The number of nitrogens with one attached hydrogen (secondary N) is 2. The van der Waals surface area contributed by atoms with Crippen LogP contribution in [-0.2, 0) is 17.8 Å². The summed E-state index contributed by atoms with van der Waals surface area (Å²) < 4.78 is 16.8. The summed E-state index contributed by atoms with van der Waals surface area (Å²) in [6.45, 7) is 7.47.